The number of hydrogen-bond acceptors (Lipinski definition) is 2. The summed E-state index contributed by atoms with van der Waals surface area (Å²) in [5.41, 5.74) is 0.865. The van der Waals surface area contributed by atoms with Crippen LogP contribution >= 0.6 is 23.2 Å². The molecule has 0 spiro atoms. The summed E-state index contributed by atoms with van der Waals surface area (Å²) in [5.74, 6) is 0.818. The Bertz CT molecular complexity index is 476. The largest absolute Gasteiger partial charge is 0.467 e. The van der Waals surface area contributed by atoms with Gasteiger partial charge in [0.15, 0.2) is 0 Å². The fourth-order valence-electron chi connectivity index (χ4n) is 1.88. The Morgan fingerprint density at radius 1 is 1.17 bits per heavy atom. The Morgan fingerprint density at radius 3 is 2.44 bits per heavy atom. The van der Waals surface area contributed by atoms with Crippen molar-refractivity contribution in [1.29, 1.82) is 0 Å². The van der Waals surface area contributed by atoms with Crippen LogP contribution in [0.15, 0.2) is 41.0 Å². The fourth-order valence-corrected chi connectivity index (χ4v) is 2.49. The monoisotopic (exact) mass is 283 g/mol. The van der Waals surface area contributed by atoms with Crippen molar-refractivity contribution in [1.82, 2.24) is 5.32 Å². The molecule has 1 atom stereocenters. The molecule has 2 aromatic rings. The third kappa shape index (κ3) is 2.89. The molecule has 96 valence electrons. The summed E-state index contributed by atoms with van der Waals surface area (Å²) in [6.45, 7) is 2.98. The van der Waals surface area contributed by atoms with Gasteiger partial charge in [-0.3, -0.25) is 0 Å². The maximum Gasteiger partial charge on any atom is 0.125 e. The third-order valence-electron chi connectivity index (χ3n) is 2.71. The van der Waals surface area contributed by atoms with Crippen LogP contribution in [0.3, 0.4) is 0 Å². The molecule has 0 aliphatic carbocycles. The third-order valence-corrected chi connectivity index (χ3v) is 3.37. The van der Waals surface area contributed by atoms with Gasteiger partial charge in [-0.15, -0.1) is 0 Å². The molecule has 0 aliphatic rings. The molecule has 2 nitrogen and oxygen atoms in total. The van der Waals surface area contributed by atoms with E-state index in [1.165, 1.54) is 0 Å². The molecule has 0 saturated carbocycles. The summed E-state index contributed by atoms with van der Waals surface area (Å²) < 4.78 is 5.48. The van der Waals surface area contributed by atoms with Crippen molar-refractivity contribution in [2.45, 2.75) is 19.4 Å². The van der Waals surface area contributed by atoms with Gasteiger partial charge in [0, 0.05) is 15.6 Å². The zero-order valence-electron chi connectivity index (χ0n) is 10.1. The van der Waals surface area contributed by atoms with Gasteiger partial charge < -0.3 is 9.73 Å². The first-order chi connectivity index (χ1) is 8.74. The minimum absolute atomic E-state index is 0.110. The van der Waals surface area contributed by atoms with Gasteiger partial charge >= 0.3 is 0 Å². The highest BCUT2D eigenvalue weighted by atomic mass is 35.5. The molecule has 1 aromatic heterocycles. The topological polar surface area (TPSA) is 25.2 Å². The number of rotatable bonds is 5. The lowest BCUT2D eigenvalue weighted by Gasteiger charge is -2.19. The van der Waals surface area contributed by atoms with Crippen molar-refractivity contribution < 1.29 is 4.42 Å². The van der Waals surface area contributed by atoms with Crippen LogP contribution in [0.25, 0.3) is 0 Å². The molecule has 1 N–H and O–H groups in total. The summed E-state index contributed by atoms with van der Waals surface area (Å²) >= 11 is 12.5. The first-order valence-corrected chi connectivity index (χ1v) is 6.70. The molecule has 0 saturated heterocycles. The molecule has 0 amide bonds. The Labute approximate surface area is 117 Å². The van der Waals surface area contributed by atoms with Gasteiger partial charge in [0.2, 0.25) is 0 Å². The lowest BCUT2D eigenvalue weighted by Crippen LogP contribution is -2.23. The second-order valence-corrected chi connectivity index (χ2v) is 4.85. The molecule has 4 heteroatoms. The van der Waals surface area contributed by atoms with E-state index in [1.807, 2.05) is 30.3 Å². The number of hydrogen-bond donors (Lipinski definition) is 1. The van der Waals surface area contributed by atoms with E-state index in [-0.39, 0.29) is 6.04 Å². The zero-order valence-corrected chi connectivity index (χ0v) is 11.6. The predicted molar refractivity (Wildman–Crippen MR) is 75.3 cm³/mol. The lowest BCUT2D eigenvalue weighted by molar-refractivity contribution is 0.447. The highest BCUT2D eigenvalue weighted by Crippen LogP contribution is 2.34. The van der Waals surface area contributed by atoms with Crippen molar-refractivity contribution in [3.05, 3.63) is 58.0 Å². The molecule has 0 radical (unpaired) electrons. The van der Waals surface area contributed by atoms with Crippen molar-refractivity contribution in [2.75, 3.05) is 6.54 Å². The second-order valence-electron chi connectivity index (χ2n) is 4.04. The second kappa shape index (κ2) is 6.28. The number of furan rings is 1. The van der Waals surface area contributed by atoms with E-state index < -0.39 is 0 Å². The summed E-state index contributed by atoms with van der Waals surface area (Å²) in [6.07, 6.45) is 2.68. The van der Waals surface area contributed by atoms with E-state index in [9.17, 15) is 0 Å². The van der Waals surface area contributed by atoms with Crippen LogP contribution < -0.4 is 5.32 Å². The minimum Gasteiger partial charge on any atom is -0.467 e. The summed E-state index contributed by atoms with van der Waals surface area (Å²) in [6, 6.07) is 9.20. The molecule has 0 bridgehead atoms. The molecular weight excluding hydrogens is 269 g/mol. The highest BCUT2D eigenvalue weighted by molar-refractivity contribution is 6.36. The van der Waals surface area contributed by atoms with Gasteiger partial charge in [0.05, 0.1) is 12.3 Å². The average molecular weight is 284 g/mol. The molecular formula is C14H15Cl2NO. The van der Waals surface area contributed by atoms with Crippen LogP contribution in [0.2, 0.25) is 10.0 Å². The van der Waals surface area contributed by atoms with Crippen LogP contribution in [-0.2, 0) is 0 Å². The van der Waals surface area contributed by atoms with E-state index in [2.05, 4.69) is 12.2 Å². The Morgan fingerprint density at radius 2 is 1.89 bits per heavy atom. The standard InChI is InChI=1S/C14H15Cl2NO/c1-2-8-17-14(12-7-4-9-18-12)13-10(15)5-3-6-11(13)16/h3-7,9,14,17H,2,8H2,1H3. The van der Waals surface area contributed by atoms with Crippen LogP contribution in [0, 0.1) is 0 Å². The van der Waals surface area contributed by atoms with Crippen LogP contribution in [0.4, 0.5) is 0 Å². The van der Waals surface area contributed by atoms with Gasteiger partial charge in [-0.25, -0.2) is 0 Å². The maximum absolute atomic E-state index is 6.25. The van der Waals surface area contributed by atoms with Crippen LogP contribution in [0.1, 0.15) is 30.7 Å². The average Bonchev–Trinajstić information content (AvgIpc) is 2.86. The van der Waals surface area contributed by atoms with Gasteiger partial charge in [-0.1, -0.05) is 36.2 Å². The predicted octanol–water partition coefficient (Wildman–Crippen LogP) is 4.68. The number of nitrogens with one attached hydrogen (secondary N) is 1. The first-order valence-electron chi connectivity index (χ1n) is 5.94. The Hall–Kier alpha value is -0.960. The lowest BCUT2D eigenvalue weighted by atomic mass is 10.0. The summed E-state index contributed by atoms with van der Waals surface area (Å²) in [7, 11) is 0. The van der Waals surface area contributed by atoms with Crippen molar-refractivity contribution in [3.63, 3.8) is 0 Å². The molecule has 1 heterocycles. The van der Waals surface area contributed by atoms with E-state index in [0.29, 0.717) is 10.0 Å². The molecule has 2 rings (SSSR count). The first kappa shape index (κ1) is 13.5. The van der Waals surface area contributed by atoms with E-state index in [1.54, 1.807) is 6.26 Å². The normalized spacial score (nSPS) is 12.6. The molecule has 1 aromatic carbocycles. The Balaban J connectivity index is 2.40. The molecule has 0 fully saturated rings. The van der Waals surface area contributed by atoms with E-state index in [4.69, 9.17) is 27.6 Å². The SMILES string of the molecule is CCCNC(c1ccco1)c1c(Cl)cccc1Cl. The minimum atomic E-state index is -0.110. The quantitative estimate of drug-likeness (QED) is 0.862. The van der Waals surface area contributed by atoms with Gasteiger partial charge in [-0.2, -0.15) is 0 Å². The van der Waals surface area contributed by atoms with Crippen LogP contribution in [-0.4, -0.2) is 6.54 Å². The summed E-state index contributed by atoms with van der Waals surface area (Å²) in [4.78, 5) is 0. The van der Waals surface area contributed by atoms with Gasteiger partial charge in [-0.05, 0) is 37.2 Å². The highest BCUT2D eigenvalue weighted by Gasteiger charge is 2.21. The van der Waals surface area contributed by atoms with Crippen molar-refractivity contribution in [3.8, 4) is 0 Å². The van der Waals surface area contributed by atoms with Gasteiger partial charge in [0.25, 0.3) is 0 Å². The number of halogens is 2. The summed E-state index contributed by atoms with van der Waals surface area (Å²) in [5, 5.41) is 4.70. The smallest absolute Gasteiger partial charge is 0.125 e. The van der Waals surface area contributed by atoms with E-state index in [0.717, 1.165) is 24.3 Å². The van der Waals surface area contributed by atoms with Crippen molar-refractivity contribution in [2.24, 2.45) is 0 Å². The zero-order chi connectivity index (χ0) is 13.0. The number of benzene rings is 1. The maximum atomic E-state index is 6.25. The van der Waals surface area contributed by atoms with E-state index >= 15 is 0 Å². The van der Waals surface area contributed by atoms with Crippen LogP contribution in [0.5, 0.6) is 0 Å². The van der Waals surface area contributed by atoms with Crippen molar-refractivity contribution >= 4 is 23.2 Å². The molecule has 18 heavy (non-hydrogen) atoms. The molecule has 1 unspecified atom stereocenters. The Kier molecular flexibility index (Phi) is 4.70. The fraction of sp³-hybridized carbons (Fsp3) is 0.286. The molecule has 0 aliphatic heterocycles. The van der Waals surface area contributed by atoms with Gasteiger partial charge in [0.1, 0.15) is 5.76 Å².